The van der Waals surface area contributed by atoms with Crippen LogP contribution in [0, 0.1) is 0 Å². The third-order valence-electron chi connectivity index (χ3n) is 4.21. The normalized spacial score (nSPS) is 16.2. The van der Waals surface area contributed by atoms with Gasteiger partial charge in [0.2, 0.25) is 0 Å². The van der Waals surface area contributed by atoms with E-state index >= 15 is 0 Å². The van der Waals surface area contributed by atoms with E-state index in [1.165, 1.54) is 0 Å². The molecule has 118 valence electrons. The molecule has 0 saturated carbocycles. The van der Waals surface area contributed by atoms with Gasteiger partial charge in [0.25, 0.3) is 0 Å². The number of amides is 2. The Kier molecular flexibility index (Phi) is 4.31. The van der Waals surface area contributed by atoms with Crippen LogP contribution in [0.25, 0.3) is 10.9 Å². The second kappa shape index (κ2) is 6.37. The van der Waals surface area contributed by atoms with Crippen LogP contribution in [-0.4, -0.2) is 64.8 Å². The zero-order valence-corrected chi connectivity index (χ0v) is 12.8. The van der Waals surface area contributed by atoms with Gasteiger partial charge in [-0.05, 0) is 6.07 Å². The van der Waals surface area contributed by atoms with Gasteiger partial charge in [0.05, 0.1) is 12.3 Å². The first-order chi connectivity index (χ1) is 10.7. The number of carbonyl (C=O) groups excluding carboxylic acids is 1. The number of rotatable bonds is 3. The van der Waals surface area contributed by atoms with Crippen molar-refractivity contribution in [2.24, 2.45) is 7.05 Å². The maximum absolute atomic E-state index is 12.4. The highest BCUT2D eigenvalue weighted by atomic mass is 16.3. The summed E-state index contributed by atoms with van der Waals surface area (Å²) in [6.07, 6.45) is 1.95. The Morgan fingerprint density at radius 1 is 1.23 bits per heavy atom. The third kappa shape index (κ3) is 2.93. The second-order valence-corrected chi connectivity index (χ2v) is 5.65. The Morgan fingerprint density at radius 2 is 1.95 bits per heavy atom. The number of para-hydroxylation sites is 1. The van der Waals surface area contributed by atoms with Gasteiger partial charge in [0.1, 0.15) is 0 Å². The molecule has 1 aromatic heterocycles. The fourth-order valence-corrected chi connectivity index (χ4v) is 2.95. The highest BCUT2D eigenvalue weighted by Gasteiger charge is 2.21. The number of nitrogens with zero attached hydrogens (tertiary/aromatic N) is 3. The van der Waals surface area contributed by atoms with Gasteiger partial charge in [-0.25, -0.2) is 4.79 Å². The number of fused-ring (bicyclic) bond motifs is 1. The molecule has 22 heavy (non-hydrogen) atoms. The molecule has 1 saturated heterocycles. The number of hydrogen-bond acceptors (Lipinski definition) is 3. The molecular weight excluding hydrogens is 280 g/mol. The number of aliphatic hydroxyl groups is 1. The van der Waals surface area contributed by atoms with Crippen LogP contribution in [0.4, 0.5) is 10.5 Å². The van der Waals surface area contributed by atoms with Gasteiger partial charge in [-0.15, -0.1) is 0 Å². The summed E-state index contributed by atoms with van der Waals surface area (Å²) in [5.41, 5.74) is 1.95. The molecule has 0 spiro atoms. The lowest BCUT2D eigenvalue weighted by molar-refractivity contribution is 0.127. The van der Waals surface area contributed by atoms with Crippen LogP contribution >= 0.6 is 0 Å². The smallest absolute Gasteiger partial charge is 0.321 e. The number of nitrogens with one attached hydrogen (secondary N) is 1. The molecule has 3 rings (SSSR count). The Hall–Kier alpha value is -2.05. The molecule has 0 atom stereocenters. The fraction of sp³-hybridized carbons (Fsp3) is 0.438. The molecule has 6 nitrogen and oxygen atoms in total. The molecule has 6 heteroatoms. The predicted molar refractivity (Wildman–Crippen MR) is 87.0 cm³/mol. The minimum Gasteiger partial charge on any atom is -0.395 e. The number of aliphatic hydroxyl groups excluding tert-OH is 1. The summed E-state index contributed by atoms with van der Waals surface area (Å²) in [5, 5.41) is 13.0. The first kappa shape index (κ1) is 14.9. The van der Waals surface area contributed by atoms with Crippen LogP contribution in [0.2, 0.25) is 0 Å². The lowest BCUT2D eigenvalue weighted by Crippen LogP contribution is -2.50. The zero-order valence-electron chi connectivity index (χ0n) is 12.8. The Bertz CT molecular complexity index is 659. The minimum absolute atomic E-state index is 0.0556. The standard InChI is InChI=1S/C16H22N4O2/c1-18-12-14(13-4-2-3-5-15(13)18)17-16(22)20-8-6-19(7-9-20)10-11-21/h2-5,12,21H,6-11H2,1H3,(H,17,22). The molecule has 0 bridgehead atoms. The molecular formula is C16H22N4O2. The van der Waals surface area contributed by atoms with Crippen LogP contribution in [-0.2, 0) is 7.05 Å². The number of carbonyl (C=O) groups is 1. The molecule has 1 aromatic carbocycles. The van der Waals surface area contributed by atoms with Crippen LogP contribution < -0.4 is 5.32 Å². The molecule has 1 fully saturated rings. The molecule has 2 N–H and O–H groups in total. The zero-order chi connectivity index (χ0) is 15.5. The van der Waals surface area contributed by atoms with Crippen LogP contribution in [0.5, 0.6) is 0 Å². The van der Waals surface area contributed by atoms with Crippen LogP contribution in [0.1, 0.15) is 0 Å². The third-order valence-corrected chi connectivity index (χ3v) is 4.21. The van der Waals surface area contributed by atoms with E-state index in [1.54, 1.807) is 0 Å². The first-order valence-electron chi connectivity index (χ1n) is 7.62. The van der Waals surface area contributed by atoms with E-state index in [-0.39, 0.29) is 12.6 Å². The number of hydrogen-bond donors (Lipinski definition) is 2. The average molecular weight is 302 g/mol. The maximum atomic E-state index is 12.4. The molecule has 2 heterocycles. The number of anilines is 1. The lowest BCUT2D eigenvalue weighted by atomic mass is 10.2. The van der Waals surface area contributed by atoms with Gasteiger partial charge < -0.3 is 19.9 Å². The van der Waals surface area contributed by atoms with Gasteiger partial charge >= 0.3 is 6.03 Å². The summed E-state index contributed by atoms with van der Waals surface area (Å²) in [7, 11) is 1.98. The second-order valence-electron chi connectivity index (χ2n) is 5.65. The van der Waals surface area contributed by atoms with Gasteiger partial charge in [-0.1, -0.05) is 18.2 Å². The van der Waals surface area contributed by atoms with E-state index in [0.29, 0.717) is 19.6 Å². The van der Waals surface area contributed by atoms with Crippen molar-refractivity contribution in [1.82, 2.24) is 14.4 Å². The Balaban J connectivity index is 1.67. The van der Waals surface area contributed by atoms with Crippen molar-refractivity contribution in [1.29, 1.82) is 0 Å². The van der Waals surface area contributed by atoms with Gasteiger partial charge in [0, 0.05) is 56.9 Å². The monoisotopic (exact) mass is 302 g/mol. The summed E-state index contributed by atoms with van der Waals surface area (Å²) in [6, 6.07) is 7.97. The van der Waals surface area contributed by atoms with Crippen molar-refractivity contribution in [3.8, 4) is 0 Å². The molecule has 1 aliphatic rings. The first-order valence-corrected chi connectivity index (χ1v) is 7.62. The number of aryl methyl sites for hydroxylation is 1. The number of β-amino-alcohol motifs (C(OH)–C–C–N with tert-alkyl or cyclic N) is 1. The van der Waals surface area contributed by atoms with Gasteiger partial charge in [-0.2, -0.15) is 0 Å². The van der Waals surface area contributed by atoms with Crippen molar-refractivity contribution >= 4 is 22.6 Å². The van der Waals surface area contributed by atoms with Crippen molar-refractivity contribution in [2.75, 3.05) is 44.6 Å². The molecule has 0 unspecified atom stereocenters. The van der Waals surface area contributed by atoms with Crippen LogP contribution in [0.3, 0.4) is 0 Å². The molecule has 0 aliphatic carbocycles. The van der Waals surface area contributed by atoms with E-state index in [4.69, 9.17) is 5.11 Å². The van der Waals surface area contributed by atoms with E-state index in [0.717, 1.165) is 29.7 Å². The summed E-state index contributed by atoms with van der Waals surface area (Å²) >= 11 is 0. The van der Waals surface area contributed by atoms with Gasteiger partial charge in [-0.3, -0.25) is 4.90 Å². The van der Waals surface area contributed by atoms with E-state index in [1.807, 2.05) is 47.0 Å². The van der Waals surface area contributed by atoms with E-state index < -0.39 is 0 Å². The molecule has 2 amide bonds. The van der Waals surface area contributed by atoms with Crippen molar-refractivity contribution in [3.63, 3.8) is 0 Å². The summed E-state index contributed by atoms with van der Waals surface area (Å²) < 4.78 is 2.02. The van der Waals surface area contributed by atoms with Gasteiger partial charge in [0.15, 0.2) is 0 Å². The highest BCUT2D eigenvalue weighted by molar-refractivity contribution is 6.01. The minimum atomic E-state index is -0.0556. The largest absolute Gasteiger partial charge is 0.395 e. The van der Waals surface area contributed by atoms with E-state index in [2.05, 4.69) is 10.2 Å². The van der Waals surface area contributed by atoms with Crippen molar-refractivity contribution in [3.05, 3.63) is 30.5 Å². The fourth-order valence-electron chi connectivity index (χ4n) is 2.95. The average Bonchev–Trinajstić information content (AvgIpc) is 2.85. The SMILES string of the molecule is Cn1cc(NC(=O)N2CCN(CCO)CC2)c2ccccc21. The molecule has 0 radical (unpaired) electrons. The molecule has 2 aromatic rings. The van der Waals surface area contributed by atoms with E-state index in [9.17, 15) is 4.79 Å². The summed E-state index contributed by atoms with van der Waals surface area (Å²) in [5.74, 6) is 0. The predicted octanol–water partition coefficient (Wildman–Crippen LogP) is 1.32. The topological polar surface area (TPSA) is 60.7 Å². The number of aromatic nitrogens is 1. The Labute approximate surface area is 129 Å². The van der Waals surface area contributed by atoms with Crippen molar-refractivity contribution in [2.45, 2.75) is 0 Å². The summed E-state index contributed by atoms with van der Waals surface area (Å²) in [6.45, 7) is 3.85. The van der Waals surface area contributed by atoms with Crippen LogP contribution in [0.15, 0.2) is 30.5 Å². The lowest BCUT2D eigenvalue weighted by Gasteiger charge is -2.34. The number of urea groups is 1. The Morgan fingerprint density at radius 3 is 2.68 bits per heavy atom. The van der Waals surface area contributed by atoms with Crippen molar-refractivity contribution < 1.29 is 9.90 Å². The molecule has 1 aliphatic heterocycles. The quantitative estimate of drug-likeness (QED) is 0.899. The maximum Gasteiger partial charge on any atom is 0.321 e. The number of benzene rings is 1. The number of piperazine rings is 1. The highest BCUT2D eigenvalue weighted by Crippen LogP contribution is 2.25. The summed E-state index contributed by atoms with van der Waals surface area (Å²) in [4.78, 5) is 16.4.